The van der Waals surface area contributed by atoms with Gasteiger partial charge in [0.1, 0.15) is 0 Å². The lowest BCUT2D eigenvalue weighted by molar-refractivity contribution is -0.0948. The Labute approximate surface area is 146 Å². The lowest BCUT2D eigenvalue weighted by Gasteiger charge is -2.45. The van der Waals surface area contributed by atoms with E-state index in [1.807, 2.05) is 27.7 Å². The molecule has 1 N–H and O–H groups in total. The molecule has 0 aliphatic carbocycles. The van der Waals surface area contributed by atoms with E-state index < -0.39 is 17.5 Å². The number of carbonyl (C=O) groups excluding carboxylic acids is 1. The van der Waals surface area contributed by atoms with Crippen molar-refractivity contribution in [1.82, 2.24) is 10.2 Å². The minimum absolute atomic E-state index is 0.0740. The van der Waals surface area contributed by atoms with Crippen LogP contribution in [-0.2, 0) is 4.74 Å². The highest BCUT2D eigenvalue weighted by atomic mass is 35.5. The molecule has 0 spiro atoms. The predicted molar refractivity (Wildman–Crippen MR) is 89.4 cm³/mol. The minimum Gasteiger partial charge on any atom is -0.373 e. The van der Waals surface area contributed by atoms with Gasteiger partial charge >= 0.3 is 0 Å². The van der Waals surface area contributed by atoms with Crippen molar-refractivity contribution in [2.24, 2.45) is 0 Å². The number of hydrogen-bond acceptors (Lipinski definition) is 3. The Morgan fingerprint density at radius 2 is 1.83 bits per heavy atom. The third kappa shape index (κ3) is 4.43. The van der Waals surface area contributed by atoms with Crippen LogP contribution in [0.5, 0.6) is 0 Å². The van der Waals surface area contributed by atoms with Crippen LogP contribution in [0.3, 0.4) is 0 Å². The van der Waals surface area contributed by atoms with E-state index in [9.17, 15) is 13.6 Å². The topological polar surface area (TPSA) is 41.6 Å². The highest BCUT2D eigenvalue weighted by Crippen LogP contribution is 2.22. The standard InChI is InChI=1S/C17H23ClF2N2O2/c1-10-7-22(8-11(2)24-10)17(3,4)9-21-16(23)12-5-14(19)15(20)6-13(12)18/h5-6,10-11H,7-9H2,1-4H3,(H,21,23)/t10-,11-/m1/s1. The second kappa shape index (κ2) is 7.33. The summed E-state index contributed by atoms with van der Waals surface area (Å²) in [7, 11) is 0. The number of rotatable bonds is 4. The lowest BCUT2D eigenvalue weighted by Crippen LogP contribution is -2.58. The molecule has 2 rings (SSSR count). The van der Waals surface area contributed by atoms with Crippen LogP contribution in [0.4, 0.5) is 8.78 Å². The number of nitrogens with zero attached hydrogens (tertiary/aromatic N) is 1. The maximum absolute atomic E-state index is 13.3. The molecule has 134 valence electrons. The van der Waals surface area contributed by atoms with Crippen molar-refractivity contribution in [1.29, 1.82) is 0 Å². The molecule has 1 aliphatic rings. The number of benzene rings is 1. The monoisotopic (exact) mass is 360 g/mol. The fraction of sp³-hybridized carbons (Fsp3) is 0.588. The minimum atomic E-state index is -1.10. The van der Waals surface area contributed by atoms with Crippen LogP contribution in [-0.4, -0.2) is 48.2 Å². The van der Waals surface area contributed by atoms with Crippen LogP contribution in [0.25, 0.3) is 0 Å². The lowest BCUT2D eigenvalue weighted by atomic mass is 10.00. The Balaban J connectivity index is 2.03. The first-order chi connectivity index (χ1) is 11.1. The Morgan fingerprint density at radius 3 is 2.42 bits per heavy atom. The quantitative estimate of drug-likeness (QED) is 0.838. The summed E-state index contributed by atoms with van der Waals surface area (Å²) in [6.07, 6.45) is 0.230. The summed E-state index contributed by atoms with van der Waals surface area (Å²) in [6.45, 7) is 9.94. The summed E-state index contributed by atoms with van der Waals surface area (Å²) < 4.78 is 32.2. The maximum Gasteiger partial charge on any atom is 0.252 e. The predicted octanol–water partition coefficient (Wildman–Crippen LogP) is 3.24. The van der Waals surface area contributed by atoms with Gasteiger partial charge in [-0.05, 0) is 39.8 Å². The van der Waals surface area contributed by atoms with Gasteiger partial charge in [-0.15, -0.1) is 0 Å². The van der Waals surface area contributed by atoms with Crippen molar-refractivity contribution >= 4 is 17.5 Å². The number of nitrogens with one attached hydrogen (secondary N) is 1. The van der Waals surface area contributed by atoms with Crippen LogP contribution in [0, 0.1) is 11.6 Å². The van der Waals surface area contributed by atoms with E-state index in [1.165, 1.54) is 0 Å². The van der Waals surface area contributed by atoms with Gasteiger partial charge < -0.3 is 10.1 Å². The van der Waals surface area contributed by atoms with Gasteiger partial charge in [0.05, 0.1) is 22.8 Å². The van der Waals surface area contributed by atoms with Crippen molar-refractivity contribution in [3.8, 4) is 0 Å². The summed E-state index contributed by atoms with van der Waals surface area (Å²) in [5, 5.41) is 2.65. The zero-order valence-corrected chi connectivity index (χ0v) is 15.1. The highest BCUT2D eigenvalue weighted by molar-refractivity contribution is 6.33. The average molecular weight is 361 g/mol. The third-order valence-electron chi connectivity index (χ3n) is 4.21. The summed E-state index contributed by atoms with van der Waals surface area (Å²) in [6, 6.07) is 1.63. The number of carbonyl (C=O) groups is 1. The summed E-state index contributed by atoms with van der Waals surface area (Å²) in [4.78, 5) is 14.5. The molecule has 4 nitrogen and oxygen atoms in total. The van der Waals surface area contributed by atoms with Crippen molar-refractivity contribution in [2.75, 3.05) is 19.6 Å². The van der Waals surface area contributed by atoms with Gasteiger partial charge in [-0.2, -0.15) is 0 Å². The Hall–Kier alpha value is -1.24. The number of amides is 1. The Morgan fingerprint density at radius 1 is 1.29 bits per heavy atom. The van der Waals surface area contributed by atoms with Crippen LogP contribution in [0.2, 0.25) is 5.02 Å². The molecular formula is C17H23ClF2N2O2. The molecule has 1 aliphatic heterocycles. The van der Waals surface area contributed by atoms with Crippen molar-refractivity contribution in [3.63, 3.8) is 0 Å². The summed E-state index contributed by atoms with van der Waals surface area (Å²) in [5.74, 6) is -2.70. The van der Waals surface area contributed by atoms with Gasteiger partial charge in [0.25, 0.3) is 5.91 Å². The molecule has 1 fully saturated rings. The second-order valence-electron chi connectivity index (χ2n) is 6.90. The molecule has 1 aromatic carbocycles. The zero-order chi connectivity index (χ0) is 18.1. The van der Waals surface area contributed by atoms with Gasteiger partial charge in [0.2, 0.25) is 0 Å². The van der Waals surface area contributed by atoms with Crippen LogP contribution < -0.4 is 5.32 Å². The Bertz CT molecular complexity index is 615. The van der Waals surface area contributed by atoms with E-state index in [4.69, 9.17) is 16.3 Å². The molecule has 1 aromatic rings. The van der Waals surface area contributed by atoms with E-state index in [-0.39, 0.29) is 28.3 Å². The Kier molecular flexibility index (Phi) is 5.83. The summed E-state index contributed by atoms with van der Waals surface area (Å²) in [5.41, 5.74) is -0.386. The second-order valence-corrected chi connectivity index (χ2v) is 7.31. The van der Waals surface area contributed by atoms with Crippen molar-refractivity contribution in [3.05, 3.63) is 34.4 Å². The van der Waals surface area contributed by atoms with Crippen molar-refractivity contribution in [2.45, 2.75) is 45.4 Å². The van der Waals surface area contributed by atoms with E-state index in [2.05, 4.69) is 10.2 Å². The van der Waals surface area contributed by atoms with Crippen LogP contribution in [0.15, 0.2) is 12.1 Å². The van der Waals surface area contributed by atoms with Gasteiger partial charge in [-0.3, -0.25) is 9.69 Å². The molecule has 24 heavy (non-hydrogen) atoms. The first-order valence-corrected chi connectivity index (χ1v) is 8.31. The highest BCUT2D eigenvalue weighted by Gasteiger charge is 2.33. The molecular weight excluding hydrogens is 338 g/mol. The van der Waals surface area contributed by atoms with Gasteiger partial charge in [0.15, 0.2) is 11.6 Å². The molecule has 0 aromatic heterocycles. The average Bonchev–Trinajstić information content (AvgIpc) is 2.47. The van der Waals surface area contributed by atoms with E-state index in [0.717, 1.165) is 25.2 Å². The van der Waals surface area contributed by atoms with Crippen LogP contribution >= 0.6 is 11.6 Å². The number of hydrogen-bond donors (Lipinski definition) is 1. The molecule has 1 amide bonds. The SMILES string of the molecule is C[C@@H]1CN(C(C)(C)CNC(=O)c2cc(F)c(F)cc2Cl)C[C@@H](C)O1. The largest absolute Gasteiger partial charge is 0.373 e. The fourth-order valence-corrected chi connectivity index (χ4v) is 3.11. The normalized spacial score (nSPS) is 22.5. The zero-order valence-electron chi connectivity index (χ0n) is 14.3. The molecule has 0 saturated carbocycles. The smallest absolute Gasteiger partial charge is 0.252 e. The van der Waals surface area contributed by atoms with Gasteiger partial charge in [0, 0.05) is 25.2 Å². The van der Waals surface area contributed by atoms with E-state index in [0.29, 0.717) is 6.54 Å². The molecule has 0 radical (unpaired) electrons. The number of halogens is 3. The molecule has 2 atom stereocenters. The third-order valence-corrected chi connectivity index (χ3v) is 4.52. The first kappa shape index (κ1) is 19.1. The first-order valence-electron chi connectivity index (χ1n) is 7.93. The molecule has 1 saturated heterocycles. The number of ether oxygens (including phenoxy) is 1. The number of morpholine rings is 1. The fourth-order valence-electron chi connectivity index (χ4n) is 2.87. The van der Waals surface area contributed by atoms with Gasteiger partial charge in [-0.25, -0.2) is 8.78 Å². The molecule has 0 bridgehead atoms. The molecule has 0 unspecified atom stereocenters. The van der Waals surface area contributed by atoms with Crippen LogP contribution in [0.1, 0.15) is 38.1 Å². The van der Waals surface area contributed by atoms with Gasteiger partial charge in [-0.1, -0.05) is 11.6 Å². The van der Waals surface area contributed by atoms with E-state index >= 15 is 0 Å². The van der Waals surface area contributed by atoms with E-state index in [1.54, 1.807) is 0 Å². The van der Waals surface area contributed by atoms with Crippen molar-refractivity contribution < 1.29 is 18.3 Å². The molecule has 1 heterocycles. The molecule has 7 heteroatoms. The maximum atomic E-state index is 13.3. The summed E-state index contributed by atoms with van der Waals surface area (Å²) >= 11 is 5.84.